The molecule has 0 bridgehead atoms. The van der Waals surface area contributed by atoms with E-state index < -0.39 is 11.6 Å². The number of carbonyl (C=O) groups is 1. The van der Waals surface area contributed by atoms with E-state index in [0.717, 1.165) is 22.1 Å². The van der Waals surface area contributed by atoms with E-state index in [4.69, 9.17) is 14.3 Å². The predicted octanol–water partition coefficient (Wildman–Crippen LogP) is 4.15. The van der Waals surface area contributed by atoms with Crippen molar-refractivity contribution in [3.8, 4) is 5.75 Å². The Labute approximate surface area is 163 Å². The fourth-order valence-electron chi connectivity index (χ4n) is 3.49. The molecule has 1 heterocycles. The van der Waals surface area contributed by atoms with E-state index in [1.54, 1.807) is 0 Å². The van der Waals surface area contributed by atoms with Gasteiger partial charge in [-0.25, -0.2) is 4.79 Å². The van der Waals surface area contributed by atoms with Gasteiger partial charge in [0.25, 0.3) is 0 Å². The molecule has 0 saturated carbocycles. The zero-order valence-electron chi connectivity index (χ0n) is 15.6. The summed E-state index contributed by atoms with van der Waals surface area (Å²) in [4.78, 5) is 18.1. The summed E-state index contributed by atoms with van der Waals surface area (Å²) < 4.78 is 11.0. The van der Waals surface area contributed by atoms with Gasteiger partial charge in [0.1, 0.15) is 12.4 Å². The molecular formula is C23H21NO4. The maximum atomic E-state index is 12.5. The maximum Gasteiger partial charge on any atom is 0.353 e. The molecule has 3 aromatic carbocycles. The molecule has 0 spiro atoms. The van der Waals surface area contributed by atoms with Crippen LogP contribution in [-0.2, 0) is 20.8 Å². The topological polar surface area (TPSA) is 57.1 Å². The van der Waals surface area contributed by atoms with Crippen molar-refractivity contribution in [1.29, 1.82) is 0 Å². The molecule has 1 unspecified atom stereocenters. The highest BCUT2D eigenvalue weighted by atomic mass is 16.7. The molecule has 5 heteroatoms. The van der Waals surface area contributed by atoms with Crippen LogP contribution in [0.3, 0.4) is 0 Å². The number of esters is 1. The summed E-state index contributed by atoms with van der Waals surface area (Å²) in [6.45, 7) is 0.252. The average Bonchev–Trinajstić information content (AvgIpc) is 3.16. The second-order valence-electron chi connectivity index (χ2n) is 6.84. The van der Waals surface area contributed by atoms with Gasteiger partial charge in [-0.2, -0.15) is 0 Å². The first kappa shape index (κ1) is 18.0. The van der Waals surface area contributed by atoms with Gasteiger partial charge in [-0.05, 0) is 17.0 Å². The molecule has 0 saturated heterocycles. The Balaban J connectivity index is 1.48. The summed E-state index contributed by atoms with van der Waals surface area (Å²) in [5.41, 5.74) is 0.515. The minimum absolute atomic E-state index is 0.252. The lowest BCUT2D eigenvalue weighted by Crippen LogP contribution is -2.42. The third-order valence-corrected chi connectivity index (χ3v) is 4.87. The van der Waals surface area contributed by atoms with E-state index in [0.29, 0.717) is 18.6 Å². The van der Waals surface area contributed by atoms with E-state index in [1.165, 1.54) is 7.11 Å². The van der Waals surface area contributed by atoms with Crippen LogP contribution in [0.15, 0.2) is 78.0 Å². The summed E-state index contributed by atoms with van der Waals surface area (Å²) >= 11 is 0. The summed E-state index contributed by atoms with van der Waals surface area (Å²) in [7, 11) is 1.36. The largest absolute Gasteiger partial charge is 0.487 e. The summed E-state index contributed by atoms with van der Waals surface area (Å²) in [6.07, 6.45) is 0.723. The number of carbonyl (C=O) groups excluding carboxylic acids is 1. The van der Waals surface area contributed by atoms with Crippen molar-refractivity contribution in [2.24, 2.45) is 5.16 Å². The Morgan fingerprint density at radius 1 is 1.04 bits per heavy atom. The van der Waals surface area contributed by atoms with Gasteiger partial charge < -0.3 is 14.3 Å². The highest BCUT2D eigenvalue weighted by molar-refractivity contribution is 5.95. The number of rotatable bonds is 6. The zero-order chi connectivity index (χ0) is 19.4. The molecule has 0 amide bonds. The van der Waals surface area contributed by atoms with Crippen molar-refractivity contribution in [1.82, 2.24) is 0 Å². The van der Waals surface area contributed by atoms with Crippen molar-refractivity contribution in [2.45, 2.75) is 18.4 Å². The summed E-state index contributed by atoms with van der Waals surface area (Å²) in [5.74, 6) is 0.347. The smallest absolute Gasteiger partial charge is 0.353 e. The molecule has 0 aromatic heterocycles. The molecule has 0 N–H and O–H groups in total. The van der Waals surface area contributed by atoms with E-state index in [-0.39, 0.29) is 6.61 Å². The normalized spacial score (nSPS) is 18.4. The highest BCUT2D eigenvalue weighted by Crippen LogP contribution is 2.31. The first-order valence-electron chi connectivity index (χ1n) is 9.17. The first-order valence-corrected chi connectivity index (χ1v) is 9.17. The minimum atomic E-state index is -1.15. The quantitative estimate of drug-likeness (QED) is 0.608. The number of oxime groups is 1. The minimum Gasteiger partial charge on any atom is -0.487 e. The zero-order valence-corrected chi connectivity index (χ0v) is 15.6. The highest BCUT2D eigenvalue weighted by Gasteiger charge is 2.48. The van der Waals surface area contributed by atoms with Gasteiger partial charge in [0, 0.05) is 18.2 Å². The standard InChI is InChI=1S/C23H21NO4/c1-26-22(25)23(14-17-8-3-2-4-9-17)15-19(24-28-23)16-27-21-13-7-11-18-10-5-6-12-20(18)21/h2-13H,14-16H2,1H3. The SMILES string of the molecule is COC(=O)C1(Cc2ccccc2)CC(COc2cccc3ccccc23)=NO1. The van der Waals surface area contributed by atoms with Crippen molar-refractivity contribution in [3.63, 3.8) is 0 Å². The number of nitrogens with zero attached hydrogens (tertiary/aromatic N) is 1. The van der Waals surface area contributed by atoms with E-state index in [2.05, 4.69) is 5.16 Å². The van der Waals surface area contributed by atoms with Crippen LogP contribution in [0.25, 0.3) is 10.8 Å². The fourth-order valence-corrected chi connectivity index (χ4v) is 3.49. The third-order valence-electron chi connectivity index (χ3n) is 4.87. The summed E-state index contributed by atoms with van der Waals surface area (Å²) in [6, 6.07) is 23.7. The molecule has 28 heavy (non-hydrogen) atoms. The van der Waals surface area contributed by atoms with Crippen LogP contribution < -0.4 is 4.74 Å². The van der Waals surface area contributed by atoms with E-state index in [1.807, 2.05) is 72.8 Å². The van der Waals surface area contributed by atoms with Crippen molar-refractivity contribution in [2.75, 3.05) is 13.7 Å². The second kappa shape index (κ2) is 7.72. The van der Waals surface area contributed by atoms with Crippen LogP contribution in [-0.4, -0.2) is 31.0 Å². The molecule has 0 radical (unpaired) electrons. The van der Waals surface area contributed by atoms with Gasteiger partial charge in [-0.15, -0.1) is 0 Å². The first-order chi connectivity index (χ1) is 13.7. The molecule has 4 rings (SSSR count). The number of ether oxygens (including phenoxy) is 2. The van der Waals surface area contributed by atoms with E-state index >= 15 is 0 Å². The molecule has 1 aliphatic heterocycles. The molecule has 1 atom stereocenters. The van der Waals surface area contributed by atoms with Gasteiger partial charge in [0.15, 0.2) is 0 Å². The molecule has 5 nitrogen and oxygen atoms in total. The van der Waals surface area contributed by atoms with Crippen molar-refractivity contribution < 1.29 is 19.1 Å². The van der Waals surface area contributed by atoms with Crippen LogP contribution in [0.1, 0.15) is 12.0 Å². The fraction of sp³-hybridized carbons (Fsp3) is 0.217. The number of methoxy groups -OCH3 is 1. The number of hydrogen-bond acceptors (Lipinski definition) is 5. The molecule has 0 fully saturated rings. The Bertz CT molecular complexity index is 1010. The number of benzene rings is 3. The van der Waals surface area contributed by atoms with Gasteiger partial charge in [-0.3, -0.25) is 0 Å². The van der Waals surface area contributed by atoms with Crippen LogP contribution >= 0.6 is 0 Å². The molecule has 142 valence electrons. The van der Waals surface area contributed by atoms with Gasteiger partial charge in [-0.1, -0.05) is 71.9 Å². The van der Waals surface area contributed by atoms with Crippen LogP contribution in [0.2, 0.25) is 0 Å². The molecular weight excluding hydrogens is 354 g/mol. The monoisotopic (exact) mass is 375 g/mol. The van der Waals surface area contributed by atoms with Crippen molar-refractivity contribution in [3.05, 3.63) is 78.4 Å². The Morgan fingerprint density at radius 3 is 2.61 bits per heavy atom. The maximum absolute atomic E-state index is 12.5. The lowest BCUT2D eigenvalue weighted by Gasteiger charge is -2.23. The molecule has 3 aromatic rings. The second-order valence-corrected chi connectivity index (χ2v) is 6.84. The van der Waals surface area contributed by atoms with Crippen LogP contribution in [0.5, 0.6) is 5.75 Å². The number of hydrogen-bond donors (Lipinski definition) is 0. The van der Waals surface area contributed by atoms with Crippen molar-refractivity contribution >= 4 is 22.5 Å². The Kier molecular flexibility index (Phi) is 4.98. The van der Waals surface area contributed by atoms with Crippen LogP contribution in [0, 0.1) is 0 Å². The lowest BCUT2D eigenvalue weighted by molar-refractivity contribution is -0.166. The summed E-state index contributed by atoms with van der Waals surface area (Å²) in [5, 5.41) is 6.28. The van der Waals surface area contributed by atoms with Crippen LogP contribution in [0.4, 0.5) is 0 Å². The van der Waals surface area contributed by atoms with Gasteiger partial charge >= 0.3 is 5.97 Å². The Morgan fingerprint density at radius 2 is 1.79 bits per heavy atom. The Hall–Kier alpha value is -3.34. The average molecular weight is 375 g/mol. The third kappa shape index (κ3) is 3.56. The number of fused-ring (bicyclic) bond motifs is 1. The predicted molar refractivity (Wildman–Crippen MR) is 107 cm³/mol. The van der Waals surface area contributed by atoms with E-state index in [9.17, 15) is 4.79 Å². The lowest BCUT2D eigenvalue weighted by atomic mass is 9.90. The van der Waals surface area contributed by atoms with Gasteiger partial charge in [0.05, 0.1) is 12.8 Å². The molecule has 1 aliphatic rings. The molecule has 0 aliphatic carbocycles. The van der Waals surface area contributed by atoms with Gasteiger partial charge in [0.2, 0.25) is 5.60 Å².